The number of aromatic nitrogens is 3. The Bertz CT molecular complexity index is 1280. The van der Waals surface area contributed by atoms with Crippen LogP contribution in [-0.4, -0.2) is 64.7 Å². The van der Waals surface area contributed by atoms with Crippen LogP contribution in [0, 0.1) is 5.92 Å². The monoisotopic (exact) mass is 605 g/mol. The molecule has 44 heavy (non-hydrogen) atoms. The smallest absolute Gasteiger partial charge is 0.331 e. The molecule has 1 saturated carbocycles. The van der Waals surface area contributed by atoms with E-state index in [1.807, 2.05) is 20.8 Å². The zero-order valence-electron chi connectivity index (χ0n) is 27.1. The summed E-state index contributed by atoms with van der Waals surface area (Å²) in [5.41, 5.74) is 2.86. The number of anilines is 3. The molecule has 1 atom stereocenters. The number of ether oxygens (including phenoxy) is 1. The topological polar surface area (TPSA) is 121 Å². The highest BCUT2D eigenvalue weighted by Crippen LogP contribution is 2.33. The number of pyridine rings is 1. The van der Waals surface area contributed by atoms with Gasteiger partial charge in [0.15, 0.2) is 0 Å². The number of aryl methyl sites for hydroxylation is 1. The second-order valence-corrected chi connectivity index (χ2v) is 13.6. The number of carbonyl (C=O) groups is 2. The number of nitrogens with one attached hydrogen (secondary N) is 3. The summed E-state index contributed by atoms with van der Waals surface area (Å²) < 4.78 is 5.68. The average Bonchev–Trinajstić information content (AvgIpc) is 3.55. The molecule has 3 N–H and O–H groups in total. The Hall–Kier alpha value is -3.43. The largest absolute Gasteiger partial charge is 0.458 e. The minimum Gasteiger partial charge on any atom is -0.458 e. The van der Waals surface area contributed by atoms with Crippen LogP contribution in [0.15, 0.2) is 18.5 Å². The molecule has 2 aliphatic heterocycles. The van der Waals surface area contributed by atoms with Gasteiger partial charge >= 0.3 is 5.97 Å². The molecule has 2 fully saturated rings. The van der Waals surface area contributed by atoms with Crippen molar-refractivity contribution in [3.05, 3.63) is 35.3 Å². The van der Waals surface area contributed by atoms with E-state index in [-0.39, 0.29) is 12.5 Å². The first kappa shape index (κ1) is 32.0. The van der Waals surface area contributed by atoms with Crippen LogP contribution in [0.5, 0.6) is 0 Å². The van der Waals surface area contributed by atoms with Gasteiger partial charge in [0.05, 0.1) is 0 Å². The van der Waals surface area contributed by atoms with Gasteiger partial charge in [-0.15, -0.1) is 0 Å². The van der Waals surface area contributed by atoms with Gasteiger partial charge in [0.1, 0.15) is 35.4 Å². The van der Waals surface area contributed by atoms with E-state index in [0.29, 0.717) is 24.1 Å². The Kier molecular flexibility index (Phi) is 10.6. The van der Waals surface area contributed by atoms with Crippen molar-refractivity contribution in [1.29, 1.82) is 0 Å². The maximum Gasteiger partial charge on any atom is 0.331 e. The van der Waals surface area contributed by atoms with Crippen LogP contribution in [0.4, 0.5) is 17.5 Å². The normalized spacial score (nSPS) is 18.3. The standard InChI is InChI=1S/C34H51N7O3/c1-5-26-31(36-21-28(33(43)44-34(2,3)4)39-29(42)15-12-23-9-6-7-10-23)37-22-38-32(26)41-19-16-24(17-20-41)27-14-13-25-11-8-18-35-30(25)40-27/h13-14,22-24,28H,5-12,15-21H2,1-4H3,(H,35,40)(H,39,42)(H,36,37,38)/t28-/m0/s1. The summed E-state index contributed by atoms with van der Waals surface area (Å²) in [5.74, 6) is 3.16. The summed E-state index contributed by atoms with van der Waals surface area (Å²) in [6, 6.07) is 3.64. The van der Waals surface area contributed by atoms with Crippen LogP contribution in [0.3, 0.4) is 0 Å². The van der Waals surface area contributed by atoms with E-state index in [1.165, 1.54) is 43.4 Å². The Labute approximate surface area is 262 Å². The van der Waals surface area contributed by atoms with Crippen LogP contribution in [0.2, 0.25) is 0 Å². The average molecular weight is 606 g/mol. The molecule has 240 valence electrons. The molecule has 3 aliphatic rings. The molecule has 10 heteroatoms. The SMILES string of the molecule is CCc1c(NC[C@H](NC(=O)CCC2CCCC2)C(=O)OC(C)(C)C)ncnc1N1CCC(c2ccc3c(n2)NCCC3)CC1. The molecule has 2 aromatic heterocycles. The number of rotatable bonds is 11. The molecule has 5 rings (SSSR count). The quantitative estimate of drug-likeness (QED) is 0.290. The summed E-state index contributed by atoms with van der Waals surface area (Å²) in [5, 5.41) is 9.78. The zero-order valence-corrected chi connectivity index (χ0v) is 27.1. The zero-order chi connectivity index (χ0) is 31.1. The molecular formula is C34H51N7O3. The van der Waals surface area contributed by atoms with E-state index < -0.39 is 17.6 Å². The second-order valence-electron chi connectivity index (χ2n) is 13.6. The van der Waals surface area contributed by atoms with Crippen molar-refractivity contribution < 1.29 is 14.3 Å². The Balaban J connectivity index is 1.22. The molecule has 0 unspecified atom stereocenters. The fraction of sp³-hybridized carbons (Fsp3) is 0.676. The lowest BCUT2D eigenvalue weighted by Gasteiger charge is -2.34. The van der Waals surface area contributed by atoms with E-state index >= 15 is 0 Å². The van der Waals surface area contributed by atoms with E-state index in [2.05, 4.69) is 44.9 Å². The first-order chi connectivity index (χ1) is 21.2. The van der Waals surface area contributed by atoms with Gasteiger partial charge in [-0.25, -0.2) is 19.7 Å². The molecule has 10 nitrogen and oxygen atoms in total. The lowest BCUT2D eigenvalue weighted by atomic mass is 9.92. The van der Waals surface area contributed by atoms with Gasteiger partial charge in [0.2, 0.25) is 5.91 Å². The van der Waals surface area contributed by atoms with Gasteiger partial charge in [-0.1, -0.05) is 38.7 Å². The number of nitrogens with zero attached hydrogens (tertiary/aromatic N) is 4. The van der Waals surface area contributed by atoms with Crippen molar-refractivity contribution in [3.63, 3.8) is 0 Å². The highest BCUT2D eigenvalue weighted by molar-refractivity contribution is 5.85. The van der Waals surface area contributed by atoms with Crippen molar-refractivity contribution in [2.75, 3.05) is 41.7 Å². The van der Waals surface area contributed by atoms with Crippen LogP contribution < -0.4 is 20.9 Å². The first-order valence-corrected chi connectivity index (χ1v) is 16.8. The van der Waals surface area contributed by atoms with Crippen LogP contribution in [-0.2, 0) is 27.2 Å². The lowest BCUT2D eigenvalue weighted by Crippen LogP contribution is -2.48. The number of carbonyl (C=O) groups excluding carboxylic acids is 2. The molecule has 1 amide bonds. The van der Waals surface area contributed by atoms with Crippen molar-refractivity contribution in [3.8, 4) is 0 Å². The minimum atomic E-state index is -0.817. The van der Waals surface area contributed by atoms with Crippen molar-refractivity contribution >= 4 is 29.3 Å². The predicted octanol–water partition coefficient (Wildman–Crippen LogP) is 5.38. The van der Waals surface area contributed by atoms with E-state index in [1.54, 1.807) is 6.33 Å². The minimum absolute atomic E-state index is 0.110. The van der Waals surface area contributed by atoms with Crippen LogP contribution in [0.1, 0.15) is 108 Å². The summed E-state index contributed by atoms with van der Waals surface area (Å²) in [6.45, 7) is 10.6. The van der Waals surface area contributed by atoms with Crippen LogP contribution >= 0.6 is 0 Å². The molecule has 0 bridgehead atoms. The third-order valence-electron chi connectivity index (χ3n) is 9.16. The highest BCUT2D eigenvalue weighted by atomic mass is 16.6. The Morgan fingerprint density at radius 1 is 1.09 bits per heavy atom. The number of piperidine rings is 1. The fourth-order valence-electron chi connectivity index (χ4n) is 6.78. The maximum absolute atomic E-state index is 13.1. The number of fused-ring (bicyclic) bond motifs is 1. The predicted molar refractivity (Wildman–Crippen MR) is 174 cm³/mol. The summed E-state index contributed by atoms with van der Waals surface area (Å²) >= 11 is 0. The highest BCUT2D eigenvalue weighted by Gasteiger charge is 2.29. The Morgan fingerprint density at radius 2 is 1.86 bits per heavy atom. The summed E-state index contributed by atoms with van der Waals surface area (Å²) in [4.78, 5) is 42.6. The summed E-state index contributed by atoms with van der Waals surface area (Å²) in [7, 11) is 0. The van der Waals surface area contributed by atoms with Crippen molar-refractivity contribution in [2.45, 2.75) is 116 Å². The van der Waals surface area contributed by atoms with Gasteiger partial charge in [0, 0.05) is 49.8 Å². The third-order valence-corrected chi connectivity index (χ3v) is 9.16. The van der Waals surface area contributed by atoms with Gasteiger partial charge < -0.3 is 25.6 Å². The maximum atomic E-state index is 13.1. The number of amides is 1. The molecule has 0 radical (unpaired) electrons. The lowest BCUT2D eigenvalue weighted by molar-refractivity contribution is -0.158. The van der Waals surface area contributed by atoms with Crippen LogP contribution in [0.25, 0.3) is 0 Å². The van der Waals surface area contributed by atoms with Gasteiger partial charge in [0.25, 0.3) is 0 Å². The van der Waals surface area contributed by atoms with Crippen molar-refractivity contribution in [1.82, 2.24) is 20.3 Å². The molecule has 0 aromatic carbocycles. The van der Waals surface area contributed by atoms with Gasteiger partial charge in [-0.2, -0.15) is 0 Å². The van der Waals surface area contributed by atoms with E-state index in [9.17, 15) is 9.59 Å². The van der Waals surface area contributed by atoms with Gasteiger partial charge in [-0.3, -0.25) is 4.79 Å². The van der Waals surface area contributed by atoms with Crippen molar-refractivity contribution in [2.24, 2.45) is 5.92 Å². The molecular weight excluding hydrogens is 554 g/mol. The second kappa shape index (κ2) is 14.6. The number of hydrogen-bond acceptors (Lipinski definition) is 9. The number of esters is 1. The summed E-state index contributed by atoms with van der Waals surface area (Å²) in [6.07, 6.45) is 12.8. The van der Waals surface area contributed by atoms with E-state index in [0.717, 1.165) is 68.9 Å². The first-order valence-electron chi connectivity index (χ1n) is 16.8. The Morgan fingerprint density at radius 3 is 2.59 bits per heavy atom. The number of hydrogen-bond donors (Lipinski definition) is 3. The van der Waals surface area contributed by atoms with Gasteiger partial charge in [-0.05, 0) is 76.8 Å². The molecule has 4 heterocycles. The molecule has 1 saturated heterocycles. The molecule has 1 aliphatic carbocycles. The third kappa shape index (κ3) is 8.39. The molecule has 2 aromatic rings. The van der Waals surface area contributed by atoms with E-state index in [4.69, 9.17) is 14.7 Å². The fourth-order valence-corrected chi connectivity index (χ4v) is 6.78. The molecule has 0 spiro atoms.